The third-order valence-electron chi connectivity index (χ3n) is 15.1. The highest BCUT2D eigenvalue weighted by atomic mass is 32.2. The van der Waals surface area contributed by atoms with E-state index in [-0.39, 0.29) is 0 Å². The Balaban J connectivity index is 0.000000124. The second-order valence-corrected chi connectivity index (χ2v) is 38.1. The van der Waals surface area contributed by atoms with Crippen LogP contribution in [0.2, 0.25) is 0 Å². The third-order valence-corrected chi connectivity index (χ3v) is 34.3. The first-order chi connectivity index (χ1) is 46.9. The van der Waals surface area contributed by atoms with Crippen LogP contribution in [0.5, 0.6) is 0 Å². The first-order valence-corrected chi connectivity index (χ1v) is 41.7. The summed E-state index contributed by atoms with van der Waals surface area (Å²) in [6.45, 7) is 16.7. The number of fused-ring (bicyclic) bond motifs is 1. The van der Waals surface area contributed by atoms with Crippen molar-refractivity contribution in [2.24, 2.45) is 0 Å². The summed E-state index contributed by atoms with van der Waals surface area (Å²) in [7, 11) is 0. The van der Waals surface area contributed by atoms with Crippen molar-refractivity contribution in [2.45, 2.75) is 55.4 Å². The molecule has 486 valence electrons. The molecule has 0 radical (unpaired) electrons. The molecule has 0 saturated heterocycles. The predicted molar refractivity (Wildman–Crippen MR) is 427 cm³/mol. The number of aryl methyl sites for hydroxylation is 8. The highest BCUT2D eigenvalue weighted by Crippen LogP contribution is 2.52. The fourth-order valence-corrected chi connectivity index (χ4v) is 27.4. The molecule has 0 bridgehead atoms. The van der Waals surface area contributed by atoms with E-state index in [2.05, 4.69) is 76.2 Å². The molecule has 0 spiro atoms. The summed E-state index contributed by atoms with van der Waals surface area (Å²) in [6.07, 6.45) is 7.25. The molecule has 8 nitrogen and oxygen atoms in total. The highest BCUT2D eigenvalue weighted by molar-refractivity contribution is 7.35. The van der Waals surface area contributed by atoms with Crippen molar-refractivity contribution in [1.29, 1.82) is 0 Å². The average Bonchev–Trinajstić information content (AvgIpc) is 1.60. The van der Waals surface area contributed by atoms with Gasteiger partial charge in [0.1, 0.15) is 0 Å². The minimum absolute atomic E-state index is 0.757. The van der Waals surface area contributed by atoms with Gasteiger partial charge in [-0.1, -0.05) is 0 Å². The van der Waals surface area contributed by atoms with E-state index in [4.69, 9.17) is 0 Å². The number of aldehydes is 8. The molecule has 97 heavy (non-hydrogen) atoms. The molecule has 0 aromatic carbocycles. The summed E-state index contributed by atoms with van der Waals surface area (Å²) in [4.78, 5) is 118. The normalized spacial score (nSPS) is 11.0. The first-order valence-electron chi connectivity index (χ1n) is 29.4. The molecule has 15 aromatic rings. The number of hydrogen-bond acceptors (Lipinski definition) is 23. The minimum Gasteiger partial charge on any atom is -0.297 e. The van der Waals surface area contributed by atoms with Gasteiger partial charge in [0.05, 0.1) is 39.0 Å². The first kappa shape index (κ1) is 70.0. The standard InChI is InChI=1S/2C20H14O2S4.C18H12O2S4.C16H12O2S3/c1-11-7-13(9-21)23-19(11)17-5-3-15(25-17)16-4-6-18(26-16)20-12(2)8-14(10-22)24-20;1-11-7-17(25-19(11)15-5-3-13(9-21)23-15)18-8-12(2)20(26-18)16-6-4-14(10-22)24-16;1-9-15(13-5-3-11(7-19)21-13)23-18-10(2)16(24-17(9)18)14-6-4-12(8-20)22-14;1-9-5-11(7-17)19-15(9)13-3-4-14(21-13)16-10(2)6-12(8-18)20-16/h2*3-10H,1-2H3;3-8H,1-2H3;3-8H,1-2H3. The van der Waals surface area contributed by atoms with Crippen molar-refractivity contribution in [3.8, 4) is 97.5 Å². The molecule has 15 heterocycles. The van der Waals surface area contributed by atoms with E-state index in [0.717, 1.165) is 141 Å². The van der Waals surface area contributed by atoms with Crippen molar-refractivity contribution >= 4 is 230 Å². The summed E-state index contributed by atoms with van der Waals surface area (Å²) in [5, 5.41) is 0. The molecule has 0 atom stereocenters. The van der Waals surface area contributed by atoms with Gasteiger partial charge in [-0.3, -0.25) is 38.4 Å². The van der Waals surface area contributed by atoms with Crippen LogP contribution in [0.15, 0.2) is 121 Å². The molecule has 0 aliphatic carbocycles. The van der Waals surface area contributed by atoms with Gasteiger partial charge in [0.25, 0.3) is 0 Å². The Labute approximate surface area is 619 Å². The van der Waals surface area contributed by atoms with Crippen LogP contribution in [-0.4, -0.2) is 50.3 Å². The Kier molecular flexibility index (Phi) is 22.2. The molecule has 0 fully saturated rings. The Morgan fingerprint density at radius 3 is 0.639 bits per heavy atom. The van der Waals surface area contributed by atoms with Crippen molar-refractivity contribution in [2.75, 3.05) is 0 Å². The lowest BCUT2D eigenvalue weighted by atomic mass is 10.2. The SMILES string of the molecule is Cc1c(-c2ccc(C=O)s2)sc2c(C)c(-c3ccc(C=O)s3)sc12.Cc1cc(-c2cc(C)c(-c3ccc(C=O)s3)s2)sc1-c1ccc(C=O)s1.Cc1cc(C=O)sc1-c1ccc(-c2ccc(-c3sc(C=O)cc3C)s2)s1.Cc1cc(C=O)sc1-c1ccc(-c2sc(C=O)cc2C)s1. The Bertz CT molecular complexity index is 5110. The lowest BCUT2D eigenvalue weighted by Crippen LogP contribution is -1.70. The van der Waals surface area contributed by atoms with Crippen molar-refractivity contribution in [3.63, 3.8) is 0 Å². The third kappa shape index (κ3) is 15.0. The molecule has 15 aromatic heterocycles. The largest absolute Gasteiger partial charge is 0.297 e. The van der Waals surface area contributed by atoms with Gasteiger partial charge in [-0.25, -0.2) is 0 Å². The van der Waals surface area contributed by atoms with E-state index < -0.39 is 0 Å². The Morgan fingerprint density at radius 2 is 0.392 bits per heavy atom. The van der Waals surface area contributed by atoms with Gasteiger partial charge >= 0.3 is 0 Å². The monoisotopic (exact) mass is 1550 g/mol. The zero-order chi connectivity index (χ0) is 68.3. The van der Waals surface area contributed by atoms with E-state index in [0.29, 0.717) is 0 Å². The maximum Gasteiger partial charge on any atom is 0.160 e. The Hall–Kier alpha value is -6.88. The van der Waals surface area contributed by atoms with E-state index in [9.17, 15) is 38.4 Å². The lowest BCUT2D eigenvalue weighted by Gasteiger charge is -1.97. The van der Waals surface area contributed by atoms with E-state index in [1.807, 2.05) is 100 Å². The number of hydrogen-bond donors (Lipinski definition) is 0. The van der Waals surface area contributed by atoms with Crippen LogP contribution in [0.4, 0.5) is 0 Å². The summed E-state index contributed by atoms with van der Waals surface area (Å²) >= 11 is 24.6. The summed E-state index contributed by atoms with van der Waals surface area (Å²) in [6, 6.07) is 40.5. The molecule has 0 unspecified atom stereocenters. The molecule has 0 saturated carbocycles. The van der Waals surface area contributed by atoms with Crippen molar-refractivity contribution < 1.29 is 38.4 Å². The van der Waals surface area contributed by atoms with Gasteiger partial charge in [-0.2, -0.15) is 0 Å². The van der Waals surface area contributed by atoms with Crippen LogP contribution in [0, 0.1) is 55.4 Å². The highest BCUT2D eigenvalue weighted by Gasteiger charge is 2.22. The van der Waals surface area contributed by atoms with Crippen molar-refractivity contribution in [1.82, 2.24) is 0 Å². The van der Waals surface area contributed by atoms with Crippen LogP contribution in [0.25, 0.3) is 107 Å². The van der Waals surface area contributed by atoms with E-state index >= 15 is 0 Å². The van der Waals surface area contributed by atoms with Crippen LogP contribution in [0.1, 0.15) is 122 Å². The van der Waals surface area contributed by atoms with E-state index in [1.165, 1.54) is 145 Å². The minimum atomic E-state index is 0.757. The van der Waals surface area contributed by atoms with Crippen LogP contribution >= 0.6 is 170 Å². The molecule has 0 amide bonds. The Morgan fingerprint density at radius 1 is 0.186 bits per heavy atom. The topological polar surface area (TPSA) is 137 Å². The fraction of sp³-hybridized carbons (Fsp3) is 0.108. The summed E-state index contributed by atoms with van der Waals surface area (Å²) in [5.74, 6) is 0. The average molecular weight is 1550 g/mol. The van der Waals surface area contributed by atoms with Gasteiger partial charge in [0.2, 0.25) is 0 Å². The summed E-state index contributed by atoms with van der Waals surface area (Å²) < 4.78 is 2.62. The molecule has 0 N–H and O–H groups in total. The number of carbonyl (C=O) groups excluding carboxylic acids is 8. The number of carbonyl (C=O) groups is 8. The molecule has 0 aliphatic heterocycles. The molecule has 23 heteroatoms. The van der Waals surface area contributed by atoms with E-state index in [1.54, 1.807) is 125 Å². The van der Waals surface area contributed by atoms with Crippen LogP contribution in [-0.2, 0) is 0 Å². The lowest BCUT2D eigenvalue weighted by molar-refractivity contribution is 0.111. The zero-order valence-corrected chi connectivity index (χ0v) is 64.8. The predicted octanol–water partition coefficient (Wildman–Crippen LogP) is 26.5. The second-order valence-electron chi connectivity index (χ2n) is 21.9. The molecule has 15 rings (SSSR count). The van der Waals surface area contributed by atoms with Gasteiger partial charge in [0, 0.05) is 107 Å². The quantitative estimate of drug-likeness (QED) is 0.0775. The van der Waals surface area contributed by atoms with Crippen LogP contribution < -0.4 is 0 Å². The molecular formula is C74H52O8S15. The van der Waals surface area contributed by atoms with Gasteiger partial charge in [-0.05, 0) is 221 Å². The smallest absolute Gasteiger partial charge is 0.160 e. The second kappa shape index (κ2) is 30.7. The summed E-state index contributed by atoms with van der Waals surface area (Å²) in [5.41, 5.74) is 9.58. The van der Waals surface area contributed by atoms with Gasteiger partial charge < -0.3 is 0 Å². The van der Waals surface area contributed by atoms with Gasteiger partial charge in [-0.15, -0.1) is 170 Å². The molecular weight excluding hydrogens is 1500 g/mol. The fourth-order valence-electron chi connectivity index (χ4n) is 10.5. The number of rotatable bonds is 18. The maximum atomic E-state index is 11.0. The maximum absolute atomic E-state index is 11.0. The van der Waals surface area contributed by atoms with Gasteiger partial charge in [0.15, 0.2) is 50.3 Å². The number of thiophene rings is 15. The zero-order valence-electron chi connectivity index (χ0n) is 52.6. The molecule has 0 aliphatic rings. The van der Waals surface area contributed by atoms with Crippen LogP contribution in [0.3, 0.4) is 0 Å². The van der Waals surface area contributed by atoms with Crippen molar-refractivity contribution in [3.05, 3.63) is 205 Å².